The Morgan fingerprint density at radius 3 is 2.72 bits per heavy atom. The van der Waals surface area contributed by atoms with Crippen molar-refractivity contribution in [1.29, 1.82) is 0 Å². The van der Waals surface area contributed by atoms with Crippen LogP contribution < -0.4 is 10.2 Å². The molecule has 1 aromatic heterocycles. The van der Waals surface area contributed by atoms with E-state index in [4.69, 9.17) is 4.74 Å². The molecule has 138 valence electrons. The van der Waals surface area contributed by atoms with Gasteiger partial charge >= 0.3 is 6.03 Å². The summed E-state index contributed by atoms with van der Waals surface area (Å²) in [5, 5.41) is 3.14. The van der Waals surface area contributed by atoms with Crippen LogP contribution >= 0.6 is 0 Å². The summed E-state index contributed by atoms with van der Waals surface area (Å²) in [5.41, 5.74) is 1.04. The highest BCUT2D eigenvalue weighted by Gasteiger charge is 2.32. The van der Waals surface area contributed by atoms with Gasteiger partial charge in [0.05, 0.1) is 18.8 Å². The number of carbonyl (C=O) groups is 1. The molecule has 3 heterocycles. The van der Waals surface area contributed by atoms with Crippen molar-refractivity contribution in [3.63, 3.8) is 0 Å². The molecule has 2 amide bonds. The minimum Gasteiger partial charge on any atom is -0.372 e. The number of hydrogen-bond acceptors (Lipinski definition) is 4. The third-order valence-corrected chi connectivity index (χ3v) is 5.56. The van der Waals surface area contributed by atoms with E-state index in [0.29, 0.717) is 25.6 Å². The summed E-state index contributed by atoms with van der Waals surface area (Å²) in [6.07, 6.45) is 6.82. The largest absolute Gasteiger partial charge is 0.372 e. The third-order valence-electron chi connectivity index (χ3n) is 5.56. The monoisotopic (exact) mass is 346 g/mol. The average molecular weight is 346 g/mol. The number of hydrogen-bond donors (Lipinski definition) is 1. The molecule has 0 spiro atoms. The van der Waals surface area contributed by atoms with Gasteiger partial charge in [-0.1, -0.05) is 6.92 Å². The predicted molar refractivity (Wildman–Crippen MR) is 98.8 cm³/mol. The zero-order valence-corrected chi connectivity index (χ0v) is 15.4. The van der Waals surface area contributed by atoms with E-state index in [9.17, 15) is 4.79 Å². The highest BCUT2D eigenvalue weighted by molar-refractivity contribution is 5.74. The fourth-order valence-electron chi connectivity index (χ4n) is 3.61. The Morgan fingerprint density at radius 2 is 2.04 bits per heavy atom. The highest BCUT2D eigenvalue weighted by Crippen LogP contribution is 2.23. The van der Waals surface area contributed by atoms with Crippen LogP contribution in [0.3, 0.4) is 0 Å². The van der Waals surface area contributed by atoms with Crippen molar-refractivity contribution in [3.05, 3.63) is 24.5 Å². The molecular weight excluding hydrogens is 316 g/mol. The molecule has 0 saturated carbocycles. The van der Waals surface area contributed by atoms with Gasteiger partial charge in [0.15, 0.2) is 0 Å². The Labute approximate surface area is 150 Å². The average Bonchev–Trinajstić information content (AvgIpc) is 2.67. The van der Waals surface area contributed by atoms with E-state index >= 15 is 0 Å². The smallest absolute Gasteiger partial charge is 0.317 e. The van der Waals surface area contributed by atoms with Crippen molar-refractivity contribution < 1.29 is 9.53 Å². The number of amides is 2. The highest BCUT2D eigenvalue weighted by atomic mass is 16.5. The maximum absolute atomic E-state index is 12.5. The Hall–Kier alpha value is -1.82. The van der Waals surface area contributed by atoms with E-state index in [1.165, 1.54) is 5.69 Å². The molecule has 0 aliphatic carbocycles. The molecule has 0 radical (unpaired) electrons. The Kier molecular flexibility index (Phi) is 5.78. The van der Waals surface area contributed by atoms with Crippen LogP contribution in [0.4, 0.5) is 10.5 Å². The number of rotatable bonds is 4. The summed E-state index contributed by atoms with van der Waals surface area (Å²) < 4.78 is 5.81. The molecule has 2 saturated heterocycles. The number of anilines is 1. The lowest BCUT2D eigenvalue weighted by molar-refractivity contribution is -0.0873. The van der Waals surface area contributed by atoms with Crippen LogP contribution in [0.25, 0.3) is 0 Å². The summed E-state index contributed by atoms with van der Waals surface area (Å²) in [6.45, 7) is 9.02. The van der Waals surface area contributed by atoms with E-state index in [0.717, 1.165) is 38.9 Å². The van der Waals surface area contributed by atoms with Crippen molar-refractivity contribution >= 4 is 11.7 Å². The molecule has 0 unspecified atom stereocenters. The Morgan fingerprint density at radius 1 is 1.32 bits per heavy atom. The van der Waals surface area contributed by atoms with Gasteiger partial charge in [0.25, 0.3) is 0 Å². The zero-order chi connectivity index (χ0) is 17.7. The van der Waals surface area contributed by atoms with Crippen molar-refractivity contribution in [2.75, 3.05) is 44.2 Å². The normalized spacial score (nSPS) is 25.0. The zero-order valence-electron chi connectivity index (χ0n) is 15.4. The lowest BCUT2D eigenvalue weighted by atomic mass is 9.96. The summed E-state index contributed by atoms with van der Waals surface area (Å²) in [4.78, 5) is 20.8. The van der Waals surface area contributed by atoms with Gasteiger partial charge in [-0.25, -0.2) is 4.79 Å². The number of pyridine rings is 1. The molecule has 1 aromatic rings. The first-order valence-electron chi connectivity index (χ1n) is 9.41. The molecule has 25 heavy (non-hydrogen) atoms. The molecule has 2 aliphatic heterocycles. The number of ether oxygens (including phenoxy) is 1. The Balaban J connectivity index is 1.41. The molecule has 6 heteroatoms. The molecule has 2 fully saturated rings. The van der Waals surface area contributed by atoms with Crippen LogP contribution in [-0.2, 0) is 4.74 Å². The number of nitrogens with zero attached hydrogens (tertiary/aromatic N) is 3. The van der Waals surface area contributed by atoms with Gasteiger partial charge in [-0.15, -0.1) is 0 Å². The fraction of sp³-hybridized carbons (Fsp3) is 0.684. The first-order valence-corrected chi connectivity index (χ1v) is 9.41. The lowest BCUT2D eigenvalue weighted by Gasteiger charge is -2.40. The molecule has 0 aromatic carbocycles. The molecule has 3 rings (SSSR count). The summed E-state index contributed by atoms with van der Waals surface area (Å²) in [6, 6.07) is 4.18. The first-order chi connectivity index (χ1) is 12.1. The van der Waals surface area contributed by atoms with Crippen molar-refractivity contribution in [2.24, 2.45) is 5.92 Å². The fourth-order valence-corrected chi connectivity index (χ4v) is 3.61. The molecular formula is C19H30N4O2. The van der Waals surface area contributed by atoms with Crippen LogP contribution in [0.5, 0.6) is 0 Å². The molecule has 0 bridgehead atoms. The molecule has 6 nitrogen and oxygen atoms in total. The summed E-state index contributed by atoms with van der Waals surface area (Å²) in [5.74, 6) is 0.556. The second-order valence-corrected chi connectivity index (χ2v) is 7.40. The number of piperidine rings is 1. The van der Waals surface area contributed by atoms with Crippen molar-refractivity contribution in [2.45, 2.75) is 38.7 Å². The van der Waals surface area contributed by atoms with Gasteiger partial charge in [0, 0.05) is 44.3 Å². The SMILES string of the molecule is CC[C@@]1(C)CN(C(=O)NCC2CCN(c3ccncc3)CC2)CCO1. The topological polar surface area (TPSA) is 57.7 Å². The number of morpholine rings is 1. The van der Waals surface area contributed by atoms with Gasteiger partial charge in [-0.2, -0.15) is 0 Å². The van der Waals surface area contributed by atoms with E-state index in [1.54, 1.807) is 0 Å². The minimum absolute atomic E-state index is 0.0551. The summed E-state index contributed by atoms with van der Waals surface area (Å²) in [7, 11) is 0. The van der Waals surface area contributed by atoms with E-state index in [-0.39, 0.29) is 11.6 Å². The first kappa shape index (κ1) is 18.0. The van der Waals surface area contributed by atoms with Gasteiger partial charge in [-0.3, -0.25) is 4.98 Å². The van der Waals surface area contributed by atoms with Crippen LogP contribution in [0.2, 0.25) is 0 Å². The molecule has 1 N–H and O–H groups in total. The van der Waals surface area contributed by atoms with Gasteiger partial charge < -0.3 is 19.9 Å². The maximum atomic E-state index is 12.5. The van der Waals surface area contributed by atoms with Crippen molar-refractivity contribution in [1.82, 2.24) is 15.2 Å². The van der Waals surface area contributed by atoms with Crippen LogP contribution in [0.15, 0.2) is 24.5 Å². The van der Waals surface area contributed by atoms with Gasteiger partial charge in [-0.05, 0) is 44.2 Å². The maximum Gasteiger partial charge on any atom is 0.317 e. The van der Waals surface area contributed by atoms with E-state index in [2.05, 4.69) is 41.2 Å². The quantitative estimate of drug-likeness (QED) is 0.910. The number of aromatic nitrogens is 1. The summed E-state index contributed by atoms with van der Waals surface area (Å²) >= 11 is 0. The Bertz CT molecular complexity index is 560. The second kappa shape index (κ2) is 8.04. The predicted octanol–water partition coefficient (Wildman–Crippen LogP) is 2.51. The number of nitrogens with one attached hydrogen (secondary N) is 1. The lowest BCUT2D eigenvalue weighted by Crippen LogP contribution is -2.55. The minimum atomic E-state index is -0.203. The number of urea groups is 1. The van der Waals surface area contributed by atoms with Crippen LogP contribution in [0, 0.1) is 5.92 Å². The van der Waals surface area contributed by atoms with Crippen LogP contribution in [-0.4, -0.2) is 60.8 Å². The van der Waals surface area contributed by atoms with Crippen LogP contribution in [0.1, 0.15) is 33.1 Å². The standard InChI is InChI=1S/C19H30N4O2/c1-3-19(2)15-23(12-13-25-19)18(24)21-14-16-6-10-22(11-7-16)17-4-8-20-9-5-17/h4-5,8-9,16H,3,6-7,10-15H2,1-2H3,(H,21,24)/t19-/m0/s1. The second-order valence-electron chi connectivity index (χ2n) is 7.40. The molecule has 1 atom stereocenters. The van der Waals surface area contributed by atoms with E-state index in [1.807, 2.05) is 17.3 Å². The van der Waals surface area contributed by atoms with Crippen molar-refractivity contribution in [3.8, 4) is 0 Å². The van der Waals surface area contributed by atoms with Gasteiger partial charge in [0.1, 0.15) is 0 Å². The van der Waals surface area contributed by atoms with Gasteiger partial charge in [0.2, 0.25) is 0 Å². The molecule has 2 aliphatic rings. The third kappa shape index (κ3) is 4.63. The van der Waals surface area contributed by atoms with E-state index < -0.39 is 0 Å². The number of carbonyl (C=O) groups excluding carboxylic acids is 1.